The molecule has 0 bridgehead atoms. The molecule has 0 aliphatic carbocycles. The van der Waals surface area contributed by atoms with Crippen molar-refractivity contribution in [3.63, 3.8) is 0 Å². The SMILES string of the molecule is C[Si](C)(C)c1csc(-c2ccc(-c3ccc(-c4cc([Si](C)(C)C)cs4)s3)s2)c1. The van der Waals surface area contributed by atoms with Gasteiger partial charge < -0.3 is 0 Å². The number of hydrogen-bond acceptors (Lipinski definition) is 4. The fourth-order valence-corrected chi connectivity index (χ4v) is 11.3. The van der Waals surface area contributed by atoms with Crippen LogP contribution in [-0.2, 0) is 0 Å². The Hall–Kier alpha value is -0.766. The van der Waals surface area contributed by atoms with Crippen LogP contribution in [0.4, 0.5) is 0 Å². The molecule has 6 heteroatoms. The van der Waals surface area contributed by atoms with E-state index in [9.17, 15) is 0 Å². The second-order valence-electron chi connectivity index (χ2n) is 9.23. The first-order chi connectivity index (χ1) is 13.1. The molecule has 0 radical (unpaired) electrons. The monoisotopic (exact) mass is 474 g/mol. The smallest absolute Gasteiger partial charge is 0.0787 e. The highest BCUT2D eigenvalue weighted by Gasteiger charge is 2.20. The van der Waals surface area contributed by atoms with Crippen LogP contribution in [0.25, 0.3) is 29.3 Å². The molecule has 0 spiro atoms. The van der Waals surface area contributed by atoms with Gasteiger partial charge in [-0.25, -0.2) is 0 Å². The first-order valence-corrected chi connectivity index (χ1v) is 19.9. The minimum Gasteiger partial charge on any atom is -0.143 e. The van der Waals surface area contributed by atoms with E-state index in [-0.39, 0.29) is 0 Å². The first-order valence-electron chi connectivity index (χ1n) is 9.50. The van der Waals surface area contributed by atoms with Crippen molar-refractivity contribution in [3.05, 3.63) is 47.2 Å². The molecule has 0 unspecified atom stereocenters. The third-order valence-electron chi connectivity index (χ3n) is 4.87. The highest BCUT2D eigenvalue weighted by Crippen LogP contribution is 2.42. The Labute approximate surface area is 186 Å². The Kier molecular flexibility index (Phi) is 5.48. The van der Waals surface area contributed by atoms with Gasteiger partial charge in [0.1, 0.15) is 0 Å². The summed E-state index contributed by atoms with van der Waals surface area (Å²) in [5.41, 5.74) is 0. The maximum absolute atomic E-state index is 2.43. The first kappa shape index (κ1) is 20.5. The fourth-order valence-electron chi connectivity index (χ4n) is 2.92. The van der Waals surface area contributed by atoms with Crippen LogP contribution in [-0.4, -0.2) is 16.1 Å². The summed E-state index contributed by atoms with van der Waals surface area (Å²) >= 11 is 7.65. The molecular weight excluding hydrogens is 449 g/mol. The van der Waals surface area contributed by atoms with Gasteiger partial charge in [0.05, 0.1) is 16.1 Å². The summed E-state index contributed by atoms with van der Waals surface area (Å²) in [7, 11) is -2.45. The second-order valence-corrected chi connectivity index (χ2v) is 23.4. The van der Waals surface area contributed by atoms with E-state index < -0.39 is 16.1 Å². The fraction of sp³-hybridized carbons (Fsp3) is 0.273. The Morgan fingerprint density at radius 2 is 0.821 bits per heavy atom. The molecule has 4 aromatic rings. The van der Waals surface area contributed by atoms with Crippen molar-refractivity contribution in [1.29, 1.82) is 0 Å². The molecule has 146 valence electrons. The maximum Gasteiger partial charge on any atom is 0.0787 e. The summed E-state index contributed by atoms with van der Waals surface area (Å²) in [5.74, 6) is 0. The molecule has 0 N–H and O–H groups in total. The summed E-state index contributed by atoms with van der Waals surface area (Å²) in [4.78, 5) is 8.41. The average molecular weight is 475 g/mol. The highest BCUT2D eigenvalue weighted by atomic mass is 32.1. The van der Waals surface area contributed by atoms with Gasteiger partial charge in [-0.2, -0.15) is 0 Å². The molecule has 0 saturated carbocycles. The van der Waals surface area contributed by atoms with Crippen molar-refractivity contribution < 1.29 is 0 Å². The zero-order chi connectivity index (χ0) is 20.1. The Morgan fingerprint density at radius 3 is 1.11 bits per heavy atom. The van der Waals surface area contributed by atoms with Crippen LogP contribution >= 0.6 is 45.3 Å². The highest BCUT2D eigenvalue weighted by molar-refractivity contribution is 7.28. The van der Waals surface area contributed by atoms with Gasteiger partial charge in [0.2, 0.25) is 0 Å². The topological polar surface area (TPSA) is 0 Å². The van der Waals surface area contributed by atoms with E-state index in [4.69, 9.17) is 0 Å². The number of hydrogen-bond donors (Lipinski definition) is 0. The van der Waals surface area contributed by atoms with Crippen LogP contribution in [0.5, 0.6) is 0 Å². The molecule has 4 heterocycles. The average Bonchev–Trinajstić information content (AvgIpc) is 3.38. The molecule has 0 fully saturated rings. The Balaban J connectivity index is 1.58. The normalized spacial score (nSPS) is 12.6. The van der Waals surface area contributed by atoms with Crippen LogP contribution in [0.3, 0.4) is 0 Å². The van der Waals surface area contributed by atoms with E-state index in [1.165, 1.54) is 29.3 Å². The summed E-state index contributed by atoms with van der Waals surface area (Å²) in [6.45, 7) is 14.5. The van der Waals surface area contributed by atoms with Gasteiger partial charge in [-0.1, -0.05) is 39.3 Å². The van der Waals surface area contributed by atoms with Gasteiger partial charge in [-0.05, 0) is 57.5 Å². The lowest BCUT2D eigenvalue weighted by Crippen LogP contribution is -2.36. The Morgan fingerprint density at radius 1 is 0.500 bits per heavy atom. The van der Waals surface area contributed by atoms with Crippen molar-refractivity contribution in [2.24, 2.45) is 0 Å². The van der Waals surface area contributed by atoms with E-state index in [1.54, 1.807) is 10.4 Å². The zero-order valence-electron chi connectivity index (χ0n) is 17.3. The second kappa shape index (κ2) is 7.49. The lowest BCUT2D eigenvalue weighted by atomic mass is 10.3. The van der Waals surface area contributed by atoms with E-state index in [0.717, 1.165) is 0 Å². The zero-order valence-corrected chi connectivity index (χ0v) is 22.5. The standard InChI is InChI=1S/C22H26S4Si2/c1-27(2,3)15-11-21(23-13-15)19-9-7-17(25-19)18-8-10-20(26-18)22-12-16(14-24-22)28(4,5)6/h7-14H,1-6H3. The minimum absolute atomic E-state index is 1.23. The van der Waals surface area contributed by atoms with Gasteiger partial charge in [0, 0.05) is 29.3 Å². The third kappa shape index (κ3) is 4.22. The summed E-state index contributed by atoms with van der Waals surface area (Å²) in [6.07, 6.45) is 0. The molecule has 0 amide bonds. The molecule has 0 aliphatic rings. The molecule has 4 aromatic heterocycles. The summed E-state index contributed by atoms with van der Waals surface area (Å²) in [5, 5.41) is 7.88. The van der Waals surface area contributed by atoms with Crippen LogP contribution < -0.4 is 10.4 Å². The predicted octanol–water partition coefficient (Wildman–Crippen LogP) is 8.02. The van der Waals surface area contributed by atoms with Gasteiger partial charge in [0.25, 0.3) is 0 Å². The minimum atomic E-state index is -1.23. The van der Waals surface area contributed by atoms with Crippen molar-refractivity contribution in [3.8, 4) is 29.3 Å². The largest absolute Gasteiger partial charge is 0.143 e. The van der Waals surface area contributed by atoms with Crippen LogP contribution in [0.15, 0.2) is 47.2 Å². The van der Waals surface area contributed by atoms with Gasteiger partial charge in [0.15, 0.2) is 0 Å². The number of rotatable bonds is 5. The summed E-state index contributed by atoms with van der Waals surface area (Å²) in [6, 6.07) is 14.0. The molecule has 0 aliphatic heterocycles. The van der Waals surface area contributed by atoms with Crippen molar-refractivity contribution >= 4 is 71.9 Å². The van der Waals surface area contributed by atoms with E-state index >= 15 is 0 Å². The van der Waals surface area contributed by atoms with E-state index in [2.05, 4.69) is 86.4 Å². The molecule has 0 aromatic carbocycles. The van der Waals surface area contributed by atoms with Gasteiger partial charge >= 0.3 is 0 Å². The van der Waals surface area contributed by atoms with E-state index in [0.29, 0.717) is 0 Å². The number of thiophene rings is 4. The lowest BCUT2D eigenvalue weighted by Gasteiger charge is -2.12. The van der Waals surface area contributed by atoms with E-state index in [1.807, 2.05) is 45.3 Å². The van der Waals surface area contributed by atoms with Crippen molar-refractivity contribution in [2.75, 3.05) is 0 Å². The van der Waals surface area contributed by atoms with Crippen LogP contribution in [0.2, 0.25) is 39.3 Å². The molecule has 0 nitrogen and oxygen atoms in total. The predicted molar refractivity (Wildman–Crippen MR) is 140 cm³/mol. The lowest BCUT2D eigenvalue weighted by molar-refractivity contribution is 1.76. The van der Waals surface area contributed by atoms with Crippen LogP contribution in [0.1, 0.15) is 0 Å². The molecule has 28 heavy (non-hydrogen) atoms. The van der Waals surface area contributed by atoms with Gasteiger partial charge in [-0.3, -0.25) is 0 Å². The van der Waals surface area contributed by atoms with Crippen molar-refractivity contribution in [1.82, 2.24) is 0 Å². The van der Waals surface area contributed by atoms with Gasteiger partial charge in [-0.15, -0.1) is 45.3 Å². The summed E-state index contributed by atoms with van der Waals surface area (Å²) < 4.78 is 0. The molecule has 0 atom stereocenters. The maximum atomic E-state index is 2.43. The quantitative estimate of drug-likeness (QED) is 0.257. The third-order valence-corrected chi connectivity index (χ3v) is 13.9. The molecule has 0 saturated heterocycles. The van der Waals surface area contributed by atoms with Crippen molar-refractivity contribution in [2.45, 2.75) is 39.3 Å². The van der Waals surface area contributed by atoms with Crippen LogP contribution in [0, 0.1) is 0 Å². The Bertz CT molecular complexity index is 1010. The molecule has 4 rings (SSSR count). The molecular formula is C22H26S4Si2.